The van der Waals surface area contributed by atoms with Gasteiger partial charge >= 0.3 is 0 Å². The molecule has 1 atom stereocenters. The Bertz CT molecular complexity index is 516. The van der Waals surface area contributed by atoms with Crippen molar-refractivity contribution in [3.63, 3.8) is 0 Å². The van der Waals surface area contributed by atoms with Gasteiger partial charge in [-0.05, 0) is 33.7 Å². The summed E-state index contributed by atoms with van der Waals surface area (Å²) in [5, 5.41) is 7.67. The lowest BCUT2D eigenvalue weighted by molar-refractivity contribution is 0.575. The van der Waals surface area contributed by atoms with Crippen molar-refractivity contribution in [3.05, 3.63) is 21.6 Å². The number of rotatable bonds is 5. The molecule has 1 N–H and O–H groups in total. The smallest absolute Gasteiger partial charge is 0.152 e. The van der Waals surface area contributed by atoms with E-state index in [0.717, 1.165) is 34.4 Å². The van der Waals surface area contributed by atoms with E-state index in [4.69, 9.17) is 0 Å². The molecule has 2 aromatic heterocycles. The molecule has 0 radical (unpaired) electrons. The third-order valence-corrected chi connectivity index (χ3v) is 5.17. The van der Waals surface area contributed by atoms with Crippen molar-refractivity contribution in [2.45, 2.75) is 40.2 Å². The molecule has 0 aliphatic rings. The van der Waals surface area contributed by atoms with Gasteiger partial charge in [0.1, 0.15) is 0 Å². The quantitative estimate of drug-likeness (QED) is 0.902. The van der Waals surface area contributed by atoms with E-state index < -0.39 is 0 Å². The van der Waals surface area contributed by atoms with Crippen molar-refractivity contribution in [2.24, 2.45) is 0 Å². The Balaban J connectivity index is 2.21. The second-order valence-corrected chi connectivity index (χ2v) is 6.33. The normalized spacial score (nSPS) is 12.9. The summed E-state index contributed by atoms with van der Waals surface area (Å²) in [5.74, 6) is 0. The first-order valence-electron chi connectivity index (χ1n) is 6.25. The molecule has 0 aromatic carbocycles. The minimum atomic E-state index is 0.372. The maximum Gasteiger partial charge on any atom is 0.152 e. The van der Waals surface area contributed by atoms with Gasteiger partial charge in [0.15, 0.2) is 10.0 Å². The number of thiazole rings is 2. The molecule has 98 valence electrons. The van der Waals surface area contributed by atoms with Crippen molar-refractivity contribution < 1.29 is 0 Å². The molecule has 0 bridgehead atoms. The van der Waals surface area contributed by atoms with Crippen molar-refractivity contribution in [3.8, 4) is 10.0 Å². The van der Waals surface area contributed by atoms with Gasteiger partial charge in [0.25, 0.3) is 0 Å². The number of nitrogens with zero attached hydrogens (tertiary/aromatic N) is 2. The largest absolute Gasteiger partial charge is 0.309 e. The van der Waals surface area contributed by atoms with Crippen molar-refractivity contribution in [1.29, 1.82) is 0 Å². The van der Waals surface area contributed by atoms with Crippen molar-refractivity contribution in [2.75, 3.05) is 6.54 Å². The van der Waals surface area contributed by atoms with Gasteiger partial charge in [-0.3, -0.25) is 0 Å². The van der Waals surface area contributed by atoms with Gasteiger partial charge in [-0.15, -0.1) is 22.7 Å². The van der Waals surface area contributed by atoms with Gasteiger partial charge in [-0.2, -0.15) is 0 Å². The molecule has 0 aliphatic heterocycles. The van der Waals surface area contributed by atoms with E-state index in [1.54, 1.807) is 22.7 Å². The number of hydrogen-bond donors (Lipinski definition) is 1. The molecule has 3 nitrogen and oxygen atoms in total. The fourth-order valence-corrected chi connectivity index (χ4v) is 3.73. The van der Waals surface area contributed by atoms with E-state index in [9.17, 15) is 0 Å². The van der Waals surface area contributed by atoms with E-state index in [1.807, 2.05) is 6.92 Å². The lowest BCUT2D eigenvalue weighted by Gasteiger charge is -2.11. The van der Waals surface area contributed by atoms with Gasteiger partial charge in [0.2, 0.25) is 0 Å². The third-order valence-electron chi connectivity index (χ3n) is 2.73. The highest BCUT2D eigenvalue weighted by molar-refractivity contribution is 7.20. The van der Waals surface area contributed by atoms with E-state index in [1.165, 1.54) is 4.88 Å². The first kappa shape index (κ1) is 13.6. The van der Waals surface area contributed by atoms with Crippen LogP contribution in [0.25, 0.3) is 10.0 Å². The molecular weight excluding hydrogens is 262 g/mol. The minimum Gasteiger partial charge on any atom is -0.309 e. The summed E-state index contributed by atoms with van der Waals surface area (Å²) in [6.45, 7) is 9.53. The fraction of sp³-hybridized carbons (Fsp3) is 0.538. The van der Waals surface area contributed by atoms with E-state index in [-0.39, 0.29) is 0 Å². The molecule has 2 rings (SSSR count). The Morgan fingerprint density at radius 2 is 2.06 bits per heavy atom. The average molecular weight is 281 g/mol. The van der Waals surface area contributed by atoms with Crippen LogP contribution in [0.1, 0.15) is 42.6 Å². The number of aryl methyl sites for hydroxylation is 2. The number of aromatic nitrogens is 2. The molecular formula is C13H19N3S2. The van der Waals surface area contributed by atoms with Gasteiger partial charge in [0, 0.05) is 22.0 Å². The molecule has 2 heterocycles. The topological polar surface area (TPSA) is 37.8 Å². The lowest BCUT2D eigenvalue weighted by atomic mass is 10.2. The molecule has 1 unspecified atom stereocenters. The van der Waals surface area contributed by atoms with Crippen LogP contribution in [0.5, 0.6) is 0 Å². The zero-order chi connectivity index (χ0) is 13.1. The second-order valence-electron chi connectivity index (χ2n) is 4.44. The summed E-state index contributed by atoms with van der Waals surface area (Å²) in [7, 11) is 0. The Labute approximate surface area is 116 Å². The third kappa shape index (κ3) is 2.96. The highest BCUT2D eigenvalue weighted by Crippen LogP contribution is 2.33. The molecule has 18 heavy (non-hydrogen) atoms. The predicted molar refractivity (Wildman–Crippen MR) is 79.4 cm³/mol. The summed E-state index contributed by atoms with van der Waals surface area (Å²) in [6.07, 6.45) is 1.15. The van der Waals surface area contributed by atoms with E-state index >= 15 is 0 Å². The SMILES string of the molecule is CCCNC(C)c1sc(-c2nc(C)cs2)nc1C. The summed E-state index contributed by atoms with van der Waals surface area (Å²) >= 11 is 3.43. The van der Waals surface area contributed by atoms with Crippen LogP contribution >= 0.6 is 22.7 Å². The maximum atomic E-state index is 4.65. The van der Waals surface area contributed by atoms with Crippen LogP contribution in [0.4, 0.5) is 0 Å². The Kier molecular flexibility index (Phi) is 4.48. The summed E-state index contributed by atoms with van der Waals surface area (Å²) in [5.41, 5.74) is 2.19. The molecule has 0 saturated heterocycles. The monoisotopic (exact) mass is 281 g/mol. The molecule has 0 amide bonds. The lowest BCUT2D eigenvalue weighted by Crippen LogP contribution is -2.18. The fourth-order valence-electron chi connectivity index (χ4n) is 1.81. The van der Waals surface area contributed by atoms with Gasteiger partial charge in [-0.1, -0.05) is 6.92 Å². The average Bonchev–Trinajstić information content (AvgIpc) is 2.92. The minimum absolute atomic E-state index is 0.372. The van der Waals surface area contributed by atoms with Crippen molar-refractivity contribution in [1.82, 2.24) is 15.3 Å². The van der Waals surface area contributed by atoms with Gasteiger partial charge < -0.3 is 5.32 Å². The number of nitrogens with one attached hydrogen (secondary N) is 1. The van der Waals surface area contributed by atoms with Gasteiger partial charge in [-0.25, -0.2) is 9.97 Å². The van der Waals surface area contributed by atoms with Crippen LogP contribution in [0.2, 0.25) is 0 Å². The summed E-state index contributed by atoms with van der Waals surface area (Å²) < 4.78 is 0. The maximum absolute atomic E-state index is 4.65. The molecule has 5 heteroatoms. The number of hydrogen-bond acceptors (Lipinski definition) is 5. The van der Waals surface area contributed by atoms with Crippen LogP contribution in [0.3, 0.4) is 0 Å². The Morgan fingerprint density at radius 1 is 1.28 bits per heavy atom. The summed E-state index contributed by atoms with van der Waals surface area (Å²) in [6, 6.07) is 0.372. The zero-order valence-electron chi connectivity index (χ0n) is 11.3. The van der Waals surface area contributed by atoms with Crippen LogP contribution in [0.15, 0.2) is 5.38 Å². The molecule has 2 aromatic rings. The molecule has 0 aliphatic carbocycles. The Morgan fingerprint density at radius 3 is 2.67 bits per heavy atom. The van der Waals surface area contributed by atoms with Crippen LogP contribution < -0.4 is 5.32 Å². The zero-order valence-corrected chi connectivity index (χ0v) is 12.9. The van der Waals surface area contributed by atoms with Crippen LogP contribution in [0, 0.1) is 13.8 Å². The van der Waals surface area contributed by atoms with Crippen LogP contribution in [-0.4, -0.2) is 16.5 Å². The van der Waals surface area contributed by atoms with Crippen LogP contribution in [-0.2, 0) is 0 Å². The molecule has 0 saturated carbocycles. The van der Waals surface area contributed by atoms with Crippen molar-refractivity contribution >= 4 is 22.7 Å². The van der Waals surface area contributed by atoms with Gasteiger partial charge in [0.05, 0.1) is 5.69 Å². The summed E-state index contributed by atoms with van der Waals surface area (Å²) in [4.78, 5) is 10.5. The first-order valence-corrected chi connectivity index (χ1v) is 7.94. The standard InChI is InChI=1S/C13H19N3S2/c1-5-6-14-9(3)11-10(4)16-13(18-11)12-15-8(2)7-17-12/h7,9,14H,5-6H2,1-4H3. The Hall–Kier alpha value is -0.780. The first-order chi connectivity index (χ1) is 8.61. The molecule has 0 spiro atoms. The highest BCUT2D eigenvalue weighted by atomic mass is 32.1. The second kappa shape index (κ2) is 5.91. The predicted octanol–water partition coefficient (Wildman–Crippen LogP) is 3.94. The highest BCUT2D eigenvalue weighted by Gasteiger charge is 2.16. The van der Waals surface area contributed by atoms with E-state index in [2.05, 4.69) is 41.4 Å². The molecule has 0 fully saturated rings. The van der Waals surface area contributed by atoms with E-state index in [0.29, 0.717) is 6.04 Å².